The van der Waals surface area contributed by atoms with Crippen LogP contribution in [0.5, 0.6) is 0 Å². The van der Waals surface area contributed by atoms with Crippen molar-refractivity contribution in [1.82, 2.24) is 10.2 Å². The van der Waals surface area contributed by atoms with Crippen molar-refractivity contribution in [2.75, 3.05) is 16.8 Å². The molecule has 3 aromatic carbocycles. The molecule has 1 N–H and O–H groups in total. The van der Waals surface area contributed by atoms with Crippen molar-refractivity contribution in [3.8, 4) is 0 Å². The monoisotopic (exact) mass is 452 g/mol. The van der Waals surface area contributed by atoms with E-state index in [-0.39, 0.29) is 42.5 Å². The minimum Gasteiger partial charge on any atom is -0.407 e. The average molecular weight is 453 g/mol. The van der Waals surface area contributed by atoms with Gasteiger partial charge in [0.2, 0.25) is 17.7 Å². The quantitative estimate of drug-likeness (QED) is 0.437. The number of carbonyl (C=O) groups is 2. The molecule has 1 atom stereocenters. The molecule has 7 nitrogen and oxygen atoms in total. The minimum absolute atomic E-state index is 0.00792. The summed E-state index contributed by atoms with van der Waals surface area (Å²) >= 11 is 0. The molecule has 34 heavy (non-hydrogen) atoms. The maximum atomic E-state index is 12.9. The number of aromatic nitrogens is 2. The maximum absolute atomic E-state index is 12.9. The molecule has 0 saturated carbocycles. The fourth-order valence-electron chi connectivity index (χ4n) is 4.34. The summed E-state index contributed by atoms with van der Waals surface area (Å²) in [7, 11) is 0. The number of hydrogen-bond acceptors (Lipinski definition) is 5. The summed E-state index contributed by atoms with van der Waals surface area (Å²) in [5.41, 5.74) is 2.96. The summed E-state index contributed by atoms with van der Waals surface area (Å²) < 4.78 is 5.73. The van der Waals surface area contributed by atoms with Crippen molar-refractivity contribution in [1.29, 1.82) is 0 Å². The van der Waals surface area contributed by atoms with Crippen LogP contribution in [0.4, 0.5) is 11.7 Å². The Labute approximate surface area is 197 Å². The molecule has 1 aliphatic rings. The summed E-state index contributed by atoms with van der Waals surface area (Å²) in [6.45, 7) is 0.461. The smallest absolute Gasteiger partial charge is 0.322 e. The molecule has 0 bridgehead atoms. The lowest BCUT2D eigenvalue weighted by molar-refractivity contribution is -0.117. The maximum Gasteiger partial charge on any atom is 0.322 e. The number of nitrogens with zero attached hydrogens (tertiary/aromatic N) is 3. The normalized spacial score (nSPS) is 15.6. The molecule has 0 radical (unpaired) electrons. The topological polar surface area (TPSA) is 88.3 Å². The van der Waals surface area contributed by atoms with Crippen LogP contribution >= 0.6 is 0 Å². The fourth-order valence-corrected chi connectivity index (χ4v) is 4.34. The molecule has 1 fully saturated rings. The molecule has 1 unspecified atom stereocenters. The number of benzene rings is 3. The van der Waals surface area contributed by atoms with E-state index in [2.05, 4.69) is 15.5 Å². The Morgan fingerprint density at radius 2 is 1.50 bits per heavy atom. The van der Waals surface area contributed by atoms with Gasteiger partial charge in [-0.1, -0.05) is 84.0 Å². The molecule has 1 aliphatic heterocycles. The lowest BCUT2D eigenvalue weighted by Gasteiger charge is -2.17. The first-order valence-electron chi connectivity index (χ1n) is 11.3. The zero-order chi connectivity index (χ0) is 23.3. The van der Waals surface area contributed by atoms with Gasteiger partial charge in [0.1, 0.15) is 0 Å². The van der Waals surface area contributed by atoms with Crippen molar-refractivity contribution in [3.63, 3.8) is 0 Å². The molecule has 1 saturated heterocycles. The summed E-state index contributed by atoms with van der Waals surface area (Å²) in [6, 6.07) is 29.4. The SMILES string of the molecule is O=C(CC(c1ccccc1)c1ccccc1)Nc1nnc(C2CC(=O)N(c3ccccc3)C2)o1. The van der Waals surface area contributed by atoms with Gasteiger partial charge >= 0.3 is 6.01 Å². The summed E-state index contributed by atoms with van der Waals surface area (Å²) in [5, 5.41) is 10.8. The highest BCUT2D eigenvalue weighted by Gasteiger charge is 2.35. The number of hydrogen-bond donors (Lipinski definition) is 1. The van der Waals surface area contributed by atoms with Crippen LogP contribution in [0.3, 0.4) is 0 Å². The van der Waals surface area contributed by atoms with Crippen LogP contribution in [0.1, 0.15) is 41.7 Å². The standard InChI is InChI=1S/C27H24N4O3/c32-24(17-23(19-10-4-1-5-11-19)20-12-6-2-7-13-20)28-27-30-29-26(34-27)21-16-25(33)31(18-21)22-14-8-3-9-15-22/h1-15,21,23H,16-18H2,(H,28,30,32). The Morgan fingerprint density at radius 3 is 2.12 bits per heavy atom. The fraction of sp³-hybridized carbons (Fsp3) is 0.185. The first-order valence-corrected chi connectivity index (χ1v) is 11.3. The molecule has 2 amide bonds. The first kappa shape index (κ1) is 21.6. The third kappa shape index (κ3) is 4.73. The third-order valence-electron chi connectivity index (χ3n) is 6.02. The van der Waals surface area contributed by atoms with Crippen LogP contribution in [0, 0.1) is 0 Å². The summed E-state index contributed by atoms with van der Waals surface area (Å²) in [4.78, 5) is 27.1. The Kier molecular flexibility index (Phi) is 6.16. The molecule has 7 heteroatoms. The van der Waals surface area contributed by atoms with Gasteiger partial charge in [0, 0.05) is 31.0 Å². The Morgan fingerprint density at radius 1 is 0.912 bits per heavy atom. The van der Waals surface area contributed by atoms with Gasteiger partial charge in [-0.2, -0.15) is 0 Å². The Hall–Kier alpha value is -4.26. The van der Waals surface area contributed by atoms with Gasteiger partial charge in [-0.05, 0) is 23.3 Å². The summed E-state index contributed by atoms with van der Waals surface area (Å²) in [5.74, 6) is -0.177. The molecule has 170 valence electrons. The first-order chi connectivity index (χ1) is 16.7. The highest BCUT2D eigenvalue weighted by molar-refractivity contribution is 5.96. The van der Waals surface area contributed by atoms with Crippen molar-refractivity contribution < 1.29 is 14.0 Å². The molecule has 2 heterocycles. The van der Waals surface area contributed by atoms with Crippen molar-refractivity contribution in [3.05, 3.63) is 108 Å². The summed E-state index contributed by atoms with van der Waals surface area (Å²) in [6.07, 6.45) is 0.518. The van der Waals surface area contributed by atoms with Crippen LogP contribution in [0.2, 0.25) is 0 Å². The second-order valence-electron chi connectivity index (χ2n) is 8.31. The molecular formula is C27H24N4O3. The van der Waals surface area contributed by atoms with E-state index in [1.54, 1.807) is 4.90 Å². The third-order valence-corrected chi connectivity index (χ3v) is 6.02. The predicted molar refractivity (Wildman–Crippen MR) is 128 cm³/mol. The zero-order valence-corrected chi connectivity index (χ0v) is 18.5. The highest BCUT2D eigenvalue weighted by atomic mass is 16.4. The van der Waals surface area contributed by atoms with Gasteiger partial charge in [-0.25, -0.2) is 0 Å². The van der Waals surface area contributed by atoms with E-state index in [9.17, 15) is 9.59 Å². The van der Waals surface area contributed by atoms with Crippen LogP contribution in [0.15, 0.2) is 95.4 Å². The van der Waals surface area contributed by atoms with Gasteiger partial charge in [-0.15, -0.1) is 5.10 Å². The van der Waals surface area contributed by atoms with Gasteiger partial charge in [0.15, 0.2) is 0 Å². The van der Waals surface area contributed by atoms with E-state index in [4.69, 9.17) is 4.42 Å². The number of amides is 2. The van der Waals surface area contributed by atoms with E-state index < -0.39 is 0 Å². The lowest BCUT2D eigenvalue weighted by atomic mass is 9.88. The van der Waals surface area contributed by atoms with E-state index in [0.717, 1.165) is 16.8 Å². The number of nitrogens with one attached hydrogen (secondary N) is 1. The van der Waals surface area contributed by atoms with Crippen LogP contribution in [0.25, 0.3) is 0 Å². The van der Waals surface area contributed by atoms with Crippen LogP contribution in [-0.2, 0) is 9.59 Å². The van der Waals surface area contributed by atoms with E-state index >= 15 is 0 Å². The number of para-hydroxylation sites is 1. The van der Waals surface area contributed by atoms with Gasteiger partial charge in [0.25, 0.3) is 0 Å². The van der Waals surface area contributed by atoms with Gasteiger partial charge in [0.05, 0.1) is 5.92 Å². The lowest BCUT2D eigenvalue weighted by Crippen LogP contribution is -2.24. The van der Waals surface area contributed by atoms with E-state index in [0.29, 0.717) is 12.4 Å². The van der Waals surface area contributed by atoms with E-state index in [1.807, 2.05) is 91.0 Å². The predicted octanol–water partition coefficient (Wildman–Crippen LogP) is 4.75. The highest BCUT2D eigenvalue weighted by Crippen LogP contribution is 2.32. The molecule has 0 spiro atoms. The molecule has 1 aromatic heterocycles. The van der Waals surface area contributed by atoms with Crippen molar-refractivity contribution in [2.45, 2.75) is 24.7 Å². The van der Waals surface area contributed by atoms with Gasteiger partial charge < -0.3 is 9.32 Å². The van der Waals surface area contributed by atoms with Crippen molar-refractivity contribution in [2.24, 2.45) is 0 Å². The number of anilines is 2. The van der Waals surface area contributed by atoms with E-state index in [1.165, 1.54) is 0 Å². The Balaban J connectivity index is 1.26. The molecule has 0 aliphatic carbocycles. The average Bonchev–Trinajstić information content (AvgIpc) is 3.50. The number of carbonyl (C=O) groups excluding carboxylic acids is 2. The number of rotatable bonds is 7. The zero-order valence-electron chi connectivity index (χ0n) is 18.5. The van der Waals surface area contributed by atoms with Crippen LogP contribution in [-0.4, -0.2) is 28.6 Å². The van der Waals surface area contributed by atoms with Crippen molar-refractivity contribution >= 4 is 23.5 Å². The second kappa shape index (κ2) is 9.70. The van der Waals surface area contributed by atoms with Crippen LogP contribution < -0.4 is 10.2 Å². The second-order valence-corrected chi connectivity index (χ2v) is 8.31. The molecule has 5 rings (SSSR count). The molecule has 4 aromatic rings. The van der Waals surface area contributed by atoms with Gasteiger partial charge in [-0.3, -0.25) is 14.9 Å². The Bertz CT molecular complexity index is 1220. The molecular weight excluding hydrogens is 428 g/mol. The largest absolute Gasteiger partial charge is 0.407 e. The minimum atomic E-state index is -0.221.